The van der Waals surface area contributed by atoms with Crippen LogP contribution in [-0.4, -0.2) is 14.5 Å². The third kappa shape index (κ3) is 3.09. The Morgan fingerprint density at radius 3 is 2.60 bits per heavy atom. The quantitative estimate of drug-likeness (QED) is 0.602. The molecule has 0 bridgehead atoms. The van der Waals surface area contributed by atoms with Crippen LogP contribution in [0.3, 0.4) is 0 Å². The molecule has 0 aliphatic rings. The minimum Gasteiger partial charge on any atom is -0.371 e. The minimum atomic E-state index is -0.322. The maximum Gasteiger partial charge on any atom is 0.114 e. The van der Waals surface area contributed by atoms with E-state index in [1.54, 1.807) is 0 Å². The predicted molar refractivity (Wildman–Crippen MR) is 69.1 cm³/mol. The highest BCUT2D eigenvalue weighted by Crippen LogP contribution is 2.24. The van der Waals surface area contributed by atoms with Crippen LogP contribution < -0.4 is 5.46 Å². The summed E-state index contributed by atoms with van der Waals surface area (Å²) in [4.78, 5) is 0. The van der Waals surface area contributed by atoms with Gasteiger partial charge in [-0.25, -0.2) is 0 Å². The molecule has 0 heterocycles. The van der Waals surface area contributed by atoms with E-state index in [4.69, 9.17) is 12.6 Å². The first-order valence-electron chi connectivity index (χ1n) is 5.10. The van der Waals surface area contributed by atoms with E-state index in [1.165, 1.54) is 5.56 Å². The van der Waals surface area contributed by atoms with Crippen molar-refractivity contribution in [1.29, 1.82) is 0 Å². The van der Waals surface area contributed by atoms with E-state index >= 15 is 0 Å². The Hall–Kier alpha value is -0.275. The summed E-state index contributed by atoms with van der Waals surface area (Å²) in [5.74, 6) is 0. The van der Waals surface area contributed by atoms with E-state index in [0.717, 1.165) is 16.4 Å². The molecule has 80 valence electrons. The molecule has 0 saturated heterocycles. The lowest BCUT2D eigenvalue weighted by Gasteiger charge is -2.27. The summed E-state index contributed by atoms with van der Waals surface area (Å²) in [6.07, 6.45) is 0. The fourth-order valence-electron chi connectivity index (χ4n) is 1.65. The Labute approximate surface area is 102 Å². The smallest absolute Gasteiger partial charge is 0.114 e. The van der Waals surface area contributed by atoms with Crippen LogP contribution in [0.15, 0.2) is 18.2 Å². The monoisotopic (exact) mass is 266 g/mol. The van der Waals surface area contributed by atoms with Gasteiger partial charge in [0, 0.05) is 11.9 Å². The average molecular weight is 267 g/mol. The van der Waals surface area contributed by atoms with Gasteiger partial charge >= 0.3 is 0 Å². The highest BCUT2D eigenvalue weighted by atomic mass is 79.9. The van der Waals surface area contributed by atoms with Gasteiger partial charge in [-0.15, -0.1) is 0 Å². The third-order valence-electron chi connectivity index (χ3n) is 2.43. The Morgan fingerprint density at radius 1 is 1.40 bits per heavy atom. The van der Waals surface area contributed by atoms with Gasteiger partial charge in [-0.1, -0.05) is 39.6 Å². The first-order valence-corrected chi connectivity index (χ1v) is 6.22. The van der Waals surface area contributed by atoms with E-state index in [2.05, 4.69) is 22.0 Å². The van der Waals surface area contributed by atoms with Crippen molar-refractivity contribution in [2.24, 2.45) is 0 Å². The van der Waals surface area contributed by atoms with Crippen molar-refractivity contribution >= 4 is 29.2 Å². The maximum atomic E-state index is 5.97. The van der Waals surface area contributed by atoms with Crippen LogP contribution in [0.2, 0.25) is 0 Å². The molecule has 0 aromatic heterocycles. The molecule has 1 aromatic carbocycles. The summed E-state index contributed by atoms with van der Waals surface area (Å²) in [6, 6.07) is 6.06. The van der Waals surface area contributed by atoms with Crippen LogP contribution >= 0.6 is 15.9 Å². The number of rotatable bonds is 4. The molecule has 0 N–H and O–H groups in total. The van der Waals surface area contributed by atoms with Gasteiger partial charge in [-0.2, -0.15) is 0 Å². The van der Waals surface area contributed by atoms with Crippen molar-refractivity contribution in [2.45, 2.75) is 31.7 Å². The van der Waals surface area contributed by atoms with Gasteiger partial charge < -0.3 is 4.74 Å². The molecule has 0 aliphatic heterocycles. The Kier molecular flexibility index (Phi) is 4.41. The molecule has 3 heteroatoms. The number of hydrogen-bond donors (Lipinski definition) is 0. The topological polar surface area (TPSA) is 9.23 Å². The SMILES string of the molecule is [B]c1ccc(CBr)cc1C(C)(C)OCC. The van der Waals surface area contributed by atoms with Crippen molar-refractivity contribution in [3.8, 4) is 0 Å². The van der Waals surface area contributed by atoms with Crippen molar-refractivity contribution in [3.63, 3.8) is 0 Å². The second-order valence-corrected chi connectivity index (χ2v) is 4.56. The van der Waals surface area contributed by atoms with Crippen LogP contribution in [0.4, 0.5) is 0 Å². The summed E-state index contributed by atoms with van der Waals surface area (Å²) < 4.78 is 5.70. The second-order valence-electron chi connectivity index (χ2n) is 4.00. The lowest BCUT2D eigenvalue weighted by atomic mass is 9.82. The first kappa shape index (κ1) is 12.8. The molecule has 1 aromatic rings. The van der Waals surface area contributed by atoms with Gasteiger partial charge in [0.05, 0.1) is 5.60 Å². The van der Waals surface area contributed by atoms with Gasteiger partial charge in [0.25, 0.3) is 0 Å². The van der Waals surface area contributed by atoms with Crippen LogP contribution in [0.1, 0.15) is 31.9 Å². The summed E-state index contributed by atoms with van der Waals surface area (Å²) in [5.41, 5.74) is 2.74. The van der Waals surface area contributed by atoms with Gasteiger partial charge in [-0.05, 0) is 31.9 Å². The molecule has 0 spiro atoms. The third-order valence-corrected chi connectivity index (χ3v) is 3.07. The Balaban J connectivity index is 3.11. The highest BCUT2D eigenvalue weighted by Gasteiger charge is 2.22. The molecule has 0 amide bonds. The predicted octanol–water partition coefficient (Wildman–Crippen LogP) is 2.65. The molecule has 0 fully saturated rings. The highest BCUT2D eigenvalue weighted by molar-refractivity contribution is 9.08. The molecule has 0 aliphatic carbocycles. The fourth-order valence-corrected chi connectivity index (χ4v) is 2.00. The number of alkyl halides is 1. The molecular formula is C12H16BBrO. The second kappa shape index (κ2) is 5.17. The molecule has 0 saturated carbocycles. The van der Waals surface area contributed by atoms with Gasteiger partial charge in [0.15, 0.2) is 0 Å². The average Bonchev–Trinajstić information content (AvgIpc) is 2.18. The standard InChI is InChI=1S/C12H16BBrO/c1-4-15-12(2,3)10-7-9(8-14)5-6-11(10)13/h5-7H,4,8H2,1-3H3. The number of benzene rings is 1. The zero-order chi connectivity index (χ0) is 11.5. The van der Waals surface area contributed by atoms with Crippen molar-refractivity contribution < 1.29 is 4.74 Å². The molecule has 15 heavy (non-hydrogen) atoms. The lowest BCUT2D eigenvalue weighted by molar-refractivity contribution is -0.0132. The zero-order valence-electron chi connectivity index (χ0n) is 9.51. The molecule has 2 radical (unpaired) electrons. The molecule has 1 rings (SSSR count). The lowest BCUT2D eigenvalue weighted by Crippen LogP contribution is -2.29. The summed E-state index contributed by atoms with van der Waals surface area (Å²) in [7, 11) is 5.97. The van der Waals surface area contributed by atoms with Crippen molar-refractivity contribution in [2.75, 3.05) is 6.61 Å². The summed E-state index contributed by atoms with van der Waals surface area (Å²) in [6.45, 7) is 6.76. The van der Waals surface area contributed by atoms with Gasteiger partial charge in [-0.3, -0.25) is 0 Å². The maximum absolute atomic E-state index is 5.97. The largest absolute Gasteiger partial charge is 0.371 e. The van der Waals surface area contributed by atoms with Crippen LogP contribution in [0.5, 0.6) is 0 Å². The molecule has 1 nitrogen and oxygen atoms in total. The number of ether oxygens (including phenoxy) is 1. The van der Waals surface area contributed by atoms with Crippen LogP contribution in [0, 0.1) is 0 Å². The minimum absolute atomic E-state index is 0.322. The number of hydrogen-bond acceptors (Lipinski definition) is 1. The van der Waals surface area contributed by atoms with Crippen LogP contribution in [0.25, 0.3) is 0 Å². The van der Waals surface area contributed by atoms with Gasteiger partial charge in [0.1, 0.15) is 7.85 Å². The molecule has 0 unspecified atom stereocenters. The van der Waals surface area contributed by atoms with E-state index < -0.39 is 0 Å². The normalized spacial score (nSPS) is 11.7. The Bertz CT molecular complexity index is 336. The van der Waals surface area contributed by atoms with E-state index in [1.807, 2.05) is 32.9 Å². The van der Waals surface area contributed by atoms with Crippen molar-refractivity contribution in [3.05, 3.63) is 29.3 Å². The zero-order valence-corrected chi connectivity index (χ0v) is 11.1. The number of halogens is 1. The van der Waals surface area contributed by atoms with E-state index in [9.17, 15) is 0 Å². The first-order chi connectivity index (χ1) is 7.01. The molecular weight excluding hydrogens is 251 g/mol. The van der Waals surface area contributed by atoms with E-state index in [0.29, 0.717) is 6.61 Å². The Morgan fingerprint density at radius 2 is 2.07 bits per heavy atom. The van der Waals surface area contributed by atoms with Crippen LogP contribution in [-0.2, 0) is 15.7 Å². The van der Waals surface area contributed by atoms with Crippen molar-refractivity contribution in [1.82, 2.24) is 0 Å². The molecule has 0 atom stereocenters. The van der Waals surface area contributed by atoms with Gasteiger partial charge in [0.2, 0.25) is 0 Å². The fraction of sp³-hybridized carbons (Fsp3) is 0.500. The van der Waals surface area contributed by atoms with E-state index in [-0.39, 0.29) is 5.60 Å². The summed E-state index contributed by atoms with van der Waals surface area (Å²) in [5, 5.41) is 0.836. The summed E-state index contributed by atoms with van der Waals surface area (Å²) >= 11 is 3.44.